The van der Waals surface area contributed by atoms with Gasteiger partial charge in [-0.1, -0.05) is 24.3 Å². The number of alkyl halides is 2. The number of hydrogen-bond donors (Lipinski definition) is 2. The smallest absolute Gasteiger partial charge is 0.357 e. The minimum atomic E-state index is -2.50. The minimum Gasteiger partial charge on any atom is -0.476 e. The summed E-state index contributed by atoms with van der Waals surface area (Å²) in [5, 5.41) is 19.9. The summed E-state index contributed by atoms with van der Waals surface area (Å²) in [6.45, 7) is 4.92. The van der Waals surface area contributed by atoms with Gasteiger partial charge in [0.15, 0.2) is 23.1 Å². The Bertz CT molecular complexity index is 1200. The predicted molar refractivity (Wildman–Crippen MR) is 122 cm³/mol. The Hall–Kier alpha value is -3.80. The maximum atomic E-state index is 14.5. The van der Waals surface area contributed by atoms with Crippen LogP contribution < -0.4 is 10.2 Å². The third-order valence-electron chi connectivity index (χ3n) is 5.33. The number of halogens is 3. The first-order valence-electron chi connectivity index (χ1n) is 10.9. The summed E-state index contributed by atoms with van der Waals surface area (Å²) in [6, 6.07) is 7.41. The summed E-state index contributed by atoms with van der Waals surface area (Å²) >= 11 is 0. The number of aromatic nitrogens is 4. The molecule has 1 fully saturated rings. The first kappa shape index (κ1) is 24.3. The monoisotopic (exact) mass is 488 g/mol. The van der Waals surface area contributed by atoms with Gasteiger partial charge in [0.1, 0.15) is 0 Å². The Morgan fingerprint density at radius 1 is 1.20 bits per heavy atom. The second-order valence-corrected chi connectivity index (χ2v) is 8.24. The highest BCUT2D eigenvalue weighted by molar-refractivity contribution is 5.94. The molecule has 0 radical (unpaired) electrons. The normalized spacial score (nSPS) is 18.1. The molecule has 3 heterocycles. The molecule has 0 bridgehead atoms. The Balaban J connectivity index is 1.63. The molecule has 0 aliphatic carbocycles. The van der Waals surface area contributed by atoms with E-state index in [9.17, 15) is 23.1 Å². The molecule has 2 N–H and O–H groups in total. The van der Waals surface area contributed by atoms with Gasteiger partial charge in [-0.25, -0.2) is 22.9 Å². The average Bonchev–Trinajstić information content (AvgIpc) is 2.80. The lowest BCUT2D eigenvalue weighted by molar-refractivity contribution is -0.00572. The highest BCUT2D eigenvalue weighted by atomic mass is 19.3. The molecule has 184 valence electrons. The largest absolute Gasteiger partial charge is 0.476 e. The Labute approximate surface area is 199 Å². The molecular weight excluding hydrogens is 465 g/mol. The number of carboxylic acids is 1. The number of morpholine rings is 1. The van der Waals surface area contributed by atoms with E-state index in [0.29, 0.717) is 30.2 Å². The number of carbonyl (C=O) groups is 1. The number of carboxylic acid groups (broad SMARTS) is 1. The minimum absolute atomic E-state index is 0.0483. The van der Waals surface area contributed by atoms with Gasteiger partial charge in [0.2, 0.25) is 12.4 Å². The van der Waals surface area contributed by atoms with Crippen LogP contribution in [-0.2, 0) is 11.2 Å². The van der Waals surface area contributed by atoms with Crippen LogP contribution in [0.3, 0.4) is 0 Å². The summed E-state index contributed by atoms with van der Waals surface area (Å²) in [6.07, 6.45) is -1.97. The van der Waals surface area contributed by atoms with E-state index in [0.717, 1.165) is 6.20 Å². The van der Waals surface area contributed by atoms with Gasteiger partial charge in [-0.2, -0.15) is 4.98 Å². The summed E-state index contributed by atoms with van der Waals surface area (Å²) in [5.41, 5.74) is 0.684. The van der Waals surface area contributed by atoms with Crippen LogP contribution in [0.5, 0.6) is 0 Å². The van der Waals surface area contributed by atoms with Gasteiger partial charge < -0.3 is 20.1 Å². The fourth-order valence-corrected chi connectivity index (χ4v) is 3.89. The zero-order valence-corrected chi connectivity index (χ0v) is 19.0. The Morgan fingerprint density at radius 3 is 2.51 bits per heavy atom. The molecule has 0 unspecified atom stereocenters. The molecule has 1 aliphatic heterocycles. The van der Waals surface area contributed by atoms with Crippen molar-refractivity contribution in [3.8, 4) is 11.1 Å². The molecule has 0 saturated carbocycles. The third-order valence-corrected chi connectivity index (χ3v) is 5.33. The number of anilines is 3. The van der Waals surface area contributed by atoms with Crippen molar-refractivity contribution in [1.82, 2.24) is 20.2 Å². The van der Waals surface area contributed by atoms with Gasteiger partial charge in [-0.15, -0.1) is 10.2 Å². The summed E-state index contributed by atoms with van der Waals surface area (Å²) < 4.78 is 45.5. The van der Waals surface area contributed by atoms with E-state index in [2.05, 4.69) is 25.5 Å². The molecule has 1 saturated heterocycles. The summed E-state index contributed by atoms with van der Waals surface area (Å²) in [7, 11) is 0. The van der Waals surface area contributed by atoms with Crippen molar-refractivity contribution >= 4 is 23.6 Å². The number of ether oxygens (including phenoxy) is 1. The van der Waals surface area contributed by atoms with Crippen LogP contribution in [0.25, 0.3) is 11.1 Å². The van der Waals surface area contributed by atoms with Crippen LogP contribution in [0.2, 0.25) is 0 Å². The standard InChI is InChI=1S/C23H23F3N6O3/c1-12-10-32(11-13(2)35-12)23-27-9-17(24)21(29-23)28-19-8-16(20(22(33)34)31-30-19)15-5-3-14(4-6-15)7-18(25)26/h3-6,8-9,12-13,18H,7,10-11H2,1-2H3,(H,33,34)(H,27,28,29,30)/t12-,13+. The van der Waals surface area contributed by atoms with Gasteiger partial charge in [0, 0.05) is 25.1 Å². The van der Waals surface area contributed by atoms with E-state index in [4.69, 9.17) is 4.74 Å². The number of nitrogens with zero attached hydrogens (tertiary/aromatic N) is 5. The fourth-order valence-electron chi connectivity index (χ4n) is 3.89. The fraction of sp³-hybridized carbons (Fsp3) is 0.348. The Morgan fingerprint density at radius 2 is 1.89 bits per heavy atom. The number of aromatic carboxylic acids is 1. The zero-order chi connectivity index (χ0) is 25.1. The molecule has 1 aromatic carbocycles. The van der Waals surface area contributed by atoms with Crippen LogP contribution in [0.1, 0.15) is 29.9 Å². The van der Waals surface area contributed by atoms with Crippen molar-refractivity contribution in [1.29, 1.82) is 0 Å². The van der Waals surface area contributed by atoms with E-state index in [1.54, 1.807) is 0 Å². The Kier molecular flexibility index (Phi) is 7.10. The average molecular weight is 488 g/mol. The van der Waals surface area contributed by atoms with Gasteiger partial charge in [-0.3, -0.25) is 0 Å². The number of hydrogen-bond acceptors (Lipinski definition) is 8. The molecule has 0 amide bonds. The summed E-state index contributed by atoms with van der Waals surface area (Å²) in [5.74, 6) is -1.85. The maximum Gasteiger partial charge on any atom is 0.357 e. The molecular formula is C23H23F3N6O3. The molecule has 35 heavy (non-hydrogen) atoms. The van der Waals surface area contributed by atoms with E-state index in [1.807, 2.05) is 18.7 Å². The number of benzene rings is 1. The lowest BCUT2D eigenvalue weighted by atomic mass is 10.0. The van der Waals surface area contributed by atoms with E-state index in [1.165, 1.54) is 30.3 Å². The van der Waals surface area contributed by atoms with Gasteiger partial charge in [0.25, 0.3) is 0 Å². The van der Waals surface area contributed by atoms with Crippen LogP contribution in [0.4, 0.5) is 30.8 Å². The highest BCUT2D eigenvalue weighted by Gasteiger charge is 2.25. The van der Waals surface area contributed by atoms with Crippen LogP contribution in [0, 0.1) is 5.82 Å². The van der Waals surface area contributed by atoms with Crippen molar-refractivity contribution in [2.75, 3.05) is 23.3 Å². The highest BCUT2D eigenvalue weighted by Crippen LogP contribution is 2.27. The van der Waals surface area contributed by atoms with Crippen LogP contribution in [0.15, 0.2) is 36.5 Å². The second-order valence-electron chi connectivity index (χ2n) is 8.24. The van der Waals surface area contributed by atoms with Gasteiger partial charge in [0.05, 0.1) is 18.4 Å². The van der Waals surface area contributed by atoms with E-state index >= 15 is 0 Å². The molecule has 12 heteroatoms. The quantitative estimate of drug-likeness (QED) is 0.511. The summed E-state index contributed by atoms with van der Waals surface area (Å²) in [4.78, 5) is 21.9. The lowest BCUT2D eigenvalue weighted by Gasteiger charge is -2.35. The number of nitrogens with one attached hydrogen (secondary N) is 1. The molecule has 9 nitrogen and oxygen atoms in total. The molecule has 2 aromatic heterocycles. The van der Waals surface area contributed by atoms with Crippen molar-refractivity contribution in [3.05, 3.63) is 53.6 Å². The van der Waals surface area contributed by atoms with Gasteiger partial charge in [-0.05, 0) is 31.0 Å². The van der Waals surface area contributed by atoms with Crippen LogP contribution in [-0.4, -0.2) is 63.0 Å². The molecule has 3 aromatic rings. The van der Waals surface area contributed by atoms with Crippen molar-refractivity contribution in [2.45, 2.75) is 38.9 Å². The molecule has 2 atom stereocenters. The number of rotatable bonds is 7. The first-order valence-corrected chi connectivity index (χ1v) is 10.9. The van der Waals surface area contributed by atoms with Crippen molar-refractivity contribution < 1.29 is 27.8 Å². The predicted octanol–water partition coefficient (Wildman–Crippen LogP) is 3.94. The topological polar surface area (TPSA) is 113 Å². The SMILES string of the molecule is C[C@@H]1CN(c2ncc(F)c(Nc3cc(-c4ccc(CC(F)F)cc4)c(C(=O)O)nn3)n2)C[C@H](C)O1. The molecule has 4 rings (SSSR count). The lowest BCUT2D eigenvalue weighted by Crippen LogP contribution is -2.46. The van der Waals surface area contributed by atoms with E-state index < -0.39 is 24.6 Å². The van der Waals surface area contributed by atoms with Gasteiger partial charge >= 0.3 is 5.97 Å². The third kappa shape index (κ3) is 5.83. The van der Waals surface area contributed by atoms with Crippen molar-refractivity contribution in [3.63, 3.8) is 0 Å². The second kappa shape index (κ2) is 10.2. The van der Waals surface area contributed by atoms with Crippen molar-refractivity contribution in [2.24, 2.45) is 0 Å². The zero-order valence-electron chi connectivity index (χ0n) is 19.0. The maximum absolute atomic E-state index is 14.5. The first-order chi connectivity index (χ1) is 16.7. The molecule has 0 spiro atoms. The molecule has 1 aliphatic rings. The van der Waals surface area contributed by atoms with Crippen LogP contribution >= 0.6 is 0 Å². The van der Waals surface area contributed by atoms with E-state index in [-0.39, 0.29) is 35.1 Å².